The van der Waals surface area contributed by atoms with Crippen LogP contribution in [0.3, 0.4) is 0 Å². The molecule has 0 bridgehead atoms. The number of sulfonamides is 1. The van der Waals surface area contributed by atoms with Gasteiger partial charge < -0.3 is 10.1 Å². The van der Waals surface area contributed by atoms with E-state index < -0.39 is 27.9 Å². The van der Waals surface area contributed by atoms with Gasteiger partial charge in [0.25, 0.3) is 21.8 Å². The maximum atomic E-state index is 12.7. The van der Waals surface area contributed by atoms with Crippen molar-refractivity contribution in [3.05, 3.63) is 41.8 Å². The highest BCUT2D eigenvalue weighted by Gasteiger charge is 2.40. The largest absolute Gasteiger partial charge is 0.495 e. The molecule has 11 heteroatoms. The molecule has 3 rings (SSSR count). The van der Waals surface area contributed by atoms with Crippen LogP contribution in [0.5, 0.6) is 5.75 Å². The zero-order valence-corrected chi connectivity index (χ0v) is 17.4. The van der Waals surface area contributed by atoms with E-state index >= 15 is 0 Å². The molecule has 2 aromatic rings. The Hall–Kier alpha value is -2.63. The van der Waals surface area contributed by atoms with Crippen LogP contribution in [0.1, 0.15) is 12.8 Å². The number of para-hydroxylation sites is 2. The smallest absolute Gasteiger partial charge is 0.257 e. The Labute approximate surface area is 173 Å². The zero-order valence-electron chi connectivity index (χ0n) is 15.8. The van der Waals surface area contributed by atoms with Gasteiger partial charge in [-0.2, -0.15) is 4.31 Å². The first-order valence-electron chi connectivity index (χ1n) is 8.94. The Bertz CT molecular complexity index is 962. The summed E-state index contributed by atoms with van der Waals surface area (Å²) in [4.78, 5) is 24.5. The number of nitrogens with zero attached hydrogens (tertiary/aromatic N) is 1. The van der Waals surface area contributed by atoms with Crippen LogP contribution in [0, 0.1) is 0 Å². The molecule has 29 heavy (non-hydrogen) atoms. The fourth-order valence-corrected chi connectivity index (χ4v) is 5.82. The molecule has 0 spiro atoms. The van der Waals surface area contributed by atoms with Crippen LogP contribution >= 0.6 is 11.3 Å². The summed E-state index contributed by atoms with van der Waals surface area (Å²) in [6.07, 6.45) is 0.970. The van der Waals surface area contributed by atoms with Crippen molar-refractivity contribution in [1.82, 2.24) is 15.2 Å². The number of carbonyl (C=O) groups excluding carboxylic acids is 2. The second kappa shape index (κ2) is 9.25. The first-order chi connectivity index (χ1) is 13.9. The number of rotatable bonds is 7. The maximum absolute atomic E-state index is 12.7. The van der Waals surface area contributed by atoms with E-state index in [1.54, 1.807) is 29.6 Å². The lowest BCUT2D eigenvalue weighted by molar-refractivity contribution is -0.130. The summed E-state index contributed by atoms with van der Waals surface area (Å²) in [6, 6.07) is 9.43. The van der Waals surface area contributed by atoms with Gasteiger partial charge in [0.05, 0.1) is 19.3 Å². The third-order valence-corrected chi connectivity index (χ3v) is 7.72. The molecular weight excluding hydrogens is 416 g/mol. The van der Waals surface area contributed by atoms with Crippen molar-refractivity contribution < 1.29 is 22.7 Å². The van der Waals surface area contributed by atoms with Crippen LogP contribution in [0.2, 0.25) is 0 Å². The number of hydrogen-bond acceptors (Lipinski definition) is 7. The van der Waals surface area contributed by atoms with Crippen LogP contribution in [0.4, 0.5) is 5.69 Å². The Kier molecular flexibility index (Phi) is 6.72. The number of nitrogens with one attached hydrogen (secondary N) is 3. The van der Waals surface area contributed by atoms with E-state index in [2.05, 4.69) is 16.2 Å². The van der Waals surface area contributed by atoms with E-state index in [4.69, 9.17) is 4.74 Å². The number of benzene rings is 1. The minimum Gasteiger partial charge on any atom is -0.495 e. The molecule has 3 N–H and O–H groups in total. The standard InChI is InChI=1S/C18H22N4O5S2/c1-27-15-8-3-2-6-13(15)19-12-16(23)20-21-18(24)14-7-4-10-22(14)29(25,26)17-9-5-11-28-17/h2-3,5-6,8-9,11,14,19H,4,7,10,12H2,1H3,(H,20,23)(H,21,24). The lowest BCUT2D eigenvalue weighted by Crippen LogP contribution is -2.52. The first-order valence-corrected chi connectivity index (χ1v) is 11.3. The molecule has 0 saturated carbocycles. The highest BCUT2D eigenvalue weighted by atomic mass is 32.2. The van der Waals surface area contributed by atoms with E-state index in [0.29, 0.717) is 24.3 Å². The predicted molar refractivity (Wildman–Crippen MR) is 109 cm³/mol. The van der Waals surface area contributed by atoms with Gasteiger partial charge in [0, 0.05) is 6.54 Å². The molecule has 1 fully saturated rings. The lowest BCUT2D eigenvalue weighted by atomic mass is 10.2. The van der Waals surface area contributed by atoms with Gasteiger partial charge in [0.1, 0.15) is 16.0 Å². The van der Waals surface area contributed by atoms with E-state index in [0.717, 1.165) is 11.3 Å². The third kappa shape index (κ3) is 4.86. The van der Waals surface area contributed by atoms with Crippen LogP contribution in [-0.2, 0) is 19.6 Å². The second-order valence-electron chi connectivity index (χ2n) is 6.30. The molecule has 1 atom stereocenters. The minimum absolute atomic E-state index is 0.0947. The van der Waals surface area contributed by atoms with E-state index in [1.165, 1.54) is 17.5 Å². The fourth-order valence-electron chi connectivity index (χ4n) is 3.04. The highest BCUT2D eigenvalue weighted by Crippen LogP contribution is 2.28. The Balaban J connectivity index is 1.54. The maximum Gasteiger partial charge on any atom is 0.257 e. The molecule has 0 aliphatic carbocycles. The lowest BCUT2D eigenvalue weighted by Gasteiger charge is -2.22. The summed E-state index contributed by atoms with van der Waals surface area (Å²) in [6.45, 7) is 0.171. The number of amides is 2. The van der Waals surface area contributed by atoms with Crippen molar-refractivity contribution >= 4 is 38.9 Å². The van der Waals surface area contributed by atoms with Gasteiger partial charge in [-0.05, 0) is 36.4 Å². The zero-order chi connectivity index (χ0) is 20.9. The van der Waals surface area contributed by atoms with Crippen LogP contribution < -0.4 is 20.9 Å². The predicted octanol–water partition coefficient (Wildman–Crippen LogP) is 1.17. The summed E-state index contributed by atoms with van der Waals surface area (Å²) in [5, 5.41) is 4.59. The molecule has 0 radical (unpaired) electrons. The van der Waals surface area contributed by atoms with Crippen LogP contribution in [0.15, 0.2) is 46.0 Å². The second-order valence-corrected chi connectivity index (χ2v) is 9.36. The van der Waals surface area contributed by atoms with Gasteiger partial charge >= 0.3 is 0 Å². The summed E-state index contributed by atoms with van der Waals surface area (Å²) < 4.78 is 32.0. The van der Waals surface area contributed by atoms with E-state index in [9.17, 15) is 18.0 Å². The van der Waals surface area contributed by atoms with Crippen LogP contribution in [-0.4, -0.2) is 50.8 Å². The summed E-state index contributed by atoms with van der Waals surface area (Å²) in [5.41, 5.74) is 5.28. The van der Waals surface area contributed by atoms with E-state index in [1.807, 2.05) is 6.07 Å². The van der Waals surface area contributed by atoms with Gasteiger partial charge in [-0.1, -0.05) is 18.2 Å². The Morgan fingerprint density at radius 3 is 2.72 bits per heavy atom. The number of hydrogen-bond donors (Lipinski definition) is 3. The molecule has 2 amide bonds. The van der Waals surface area contributed by atoms with Crippen molar-refractivity contribution in [2.75, 3.05) is 25.5 Å². The quantitative estimate of drug-likeness (QED) is 0.559. The average molecular weight is 439 g/mol. The fraction of sp³-hybridized carbons (Fsp3) is 0.333. The number of ether oxygens (including phenoxy) is 1. The number of methoxy groups -OCH3 is 1. The van der Waals surface area contributed by atoms with Gasteiger partial charge in [-0.25, -0.2) is 8.42 Å². The van der Waals surface area contributed by atoms with Crippen LogP contribution in [0.25, 0.3) is 0 Å². The molecule has 9 nitrogen and oxygen atoms in total. The normalized spacial score (nSPS) is 16.9. The Morgan fingerprint density at radius 2 is 2.00 bits per heavy atom. The highest BCUT2D eigenvalue weighted by molar-refractivity contribution is 7.91. The summed E-state index contributed by atoms with van der Waals surface area (Å²) >= 11 is 1.11. The SMILES string of the molecule is COc1ccccc1NCC(=O)NNC(=O)C1CCCN1S(=O)(=O)c1cccs1. The van der Waals surface area contributed by atoms with Crippen molar-refractivity contribution in [1.29, 1.82) is 0 Å². The van der Waals surface area contributed by atoms with Gasteiger partial charge in [-0.15, -0.1) is 11.3 Å². The Morgan fingerprint density at radius 1 is 1.21 bits per heavy atom. The molecule has 156 valence electrons. The summed E-state index contributed by atoms with van der Waals surface area (Å²) in [7, 11) is -2.20. The number of hydrazine groups is 1. The number of anilines is 1. The molecule has 2 heterocycles. The van der Waals surface area contributed by atoms with E-state index in [-0.39, 0.29) is 17.3 Å². The van der Waals surface area contributed by atoms with Crippen molar-refractivity contribution in [2.24, 2.45) is 0 Å². The molecule has 1 unspecified atom stereocenters. The third-order valence-electron chi connectivity index (χ3n) is 4.44. The first kappa shape index (κ1) is 21.1. The molecule has 1 aliphatic heterocycles. The van der Waals surface area contributed by atoms with Gasteiger partial charge in [0.15, 0.2) is 0 Å². The monoisotopic (exact) mass is 438 g/mol. The molecule has 1 aromatic heterocycles. The van der Waals surface area contributed by atoms with Crippen molar-refractivity contribution in [3.63, 3.8) is 0 Å². The number of thiophene rings is 1. The molecule has 1 aromatic carbocycles. The summed E-state index contributed by atoms with van der Waals surface area (Å²) in [5.74, 6) is -0.451. The molecular formula is C18H22N4O5S2. The topological polar surface area (TPSA) is 117 Å². The number of carbonyl (C=O) groups is 2. The van der Waals surface area contributed by atoms with Gasteiger partial charge in [-0.3, -0.25) is 20.4 Å². The van der Waals surface area contributed by atoms with Crippen molar-refractivity contribution in [2.45, 2.75) is 23.1 Å². The van der Waals surface area contributed by atoms with Gasteiger partial charge in [0.2, 0.25) is 0 Å². The minimum atomic E-state index is -3.73. The molecule has 1 aliphatic rings. The van der Waals surface area contributed by atoms with Crippen molar-refractivity contribution in [3.8, 4) is 5.75 Å². The average Bonchev–Trinajstić information content (AvgIpc) is 3.43. The molecule has 1 saturated heterocycles.